The van der Waals surface area contributed by atoms with E-state index in [0.29, 0.717) is 13.1 Å². The van der Waals surface area contributed by atoms with Crippen molar-refractivity contribution in [3.05, 3.63) is 29.8 Å². The molecule has 1 aromatic rings. The number of halogens is 2. The Kier molecular flexibility index (Phi) is 6.95. The van der Waals surface area contributed by atoms with Crippen molar-refractivity contribution in [1.29, 1.82) is 0 Å². The van der Waals surface area contributed by atoms with E-state index < -0.39 is 11.6 Å². The number of benzene rings is 1. The Hall–Kier alpha value is -1.50. The van der Waals surface area contributed by atoms with Gasteiger partial charge in [0.15, 0.2) is 5.96 Å². The predicted molar refractivity (Wildman–Crippen MR) is 94.5 cm³/mol. The molecule has 0 aromatic heterocycles. The van der Waals surface area contributed by atoms with Crippen molar-refractivity contribution in [3.8, 4) is 0 Å². The lowest BCUT2D eigenvalue weighted by Gasteiger charge is -2.21. The molecule has 0 spiro atoms. The minimum absolute atomic E-state index is 0.0705. The molecule has 1 atom stereocenters. The van der Waals surface area contributed by atoms with E-state index in [1.165, 1.54) is 18.2 Å². The fourth-order valence-corrected chi connectivity index (χ4v) is 2.91. The lowest BCUT2D eigenvalue weighted by Crippen LogP contribution is -2.44. The average Bonchev–Trinajstić information content (AvgIpc) is 2.95. The monoisotopic (exact) mass is 342 g/mol. The number of anilines is 1. The molecule has 0 bridgehead atoms. The summed E-state index contributed by atoms with van der Waals surface area (Å²) in [5.74, 6) is 0.716. The van der Waals surface area contributed by atoms with E-state index >= 15 is 0 Å². The Morgan fingerprint density at radius 1 is 1.39 bits per heavy atom. The van der Waals surface area contributed by atoms with Crippen LogP contribution in [0.3, 0.4) is 0 Å². The van der Waals surface area contributed by atoms with Crippen LogP contribution in [0.15, 0.2) is 23.2 Å². The first-order valence-electron chi connectivity index (χ1n) is 7.88. The summed E-state index contributed by atoms with van der Waals surface area (Å²) in [6.07, 6.45) is 2.87. The van der Waals surface area contributed by atoms with Gasteiger partial charge in [0.1, 0.15) is 17.3 Å². The third-order valence-electron chi connectivity index (χ3n) is 3.69. The van der Waals surface area contributed by atoms with Crippen LogP contribution in [0, 0.1) is 11.6 Å². The van der Waals surface area contributed by atoms with Crippen LogP contribution in [0.4, 0.5) is 14.5 Å². The van der Waals surface area contributed by atoms with E-state index in [9.17, 15) is 8.78 Å². The van der Waals surface area contributed by atoms with E-state index in [0.717, 1.165) is 31.2 Å². The summed E-state index contributed by atoms with van der Waals surface area (Å²) in [5, 5.41) is 6.57. The van der Waals surface area contributed by atoms with Crippen LogP contribution >= 0.6 is 11.8 Å². The Morgan fingerprint density at radius 3 is 2.78 bits per heavy atom. The predicted octanol–water partition coefficient (Wildman–Crippen LogP) is 2.46. The highest BCUT2D eigenvalue weighted by molar-refractivity contribution is 7.98. The van der Waals surface area contributed by atoms with Gasteiger partial charge in [-0.25, -0.2) is 8.78 Å². The van der Waals surface area contributed by atoms with Gasteiger partial charge in [0.25, 0.3) is 0 Å². The fourth-order valence-electron chi connectivity index (χ4n) is 2.63. The summed E-state index contributed by atoms with van der Waals surface area (Å²) < 4.78 is 27.8. The summed E-state index contributed by atoms with van der Waals surface area (Å²) >= 11 is 1.75. The van der Waals surface area contributed by atoms with Crippen LogP contribution in [0.1, 0.15) is 13.3 Å². The number of para-hydroxylation sites is 1. The lowest BCUT2D eigenvalue weighted by molar-refractivity contribution is 0.576. The van der Waals surface area contributed by atoms with Gasteiger partial charge in [0.2, 0.25) is 0 Å². The minimum atomic E-state index is -0.508. The Morgan fingerprint density at radius 2 is 2.13 bits per heavy atom. The third kappa shape index (κ3) is 4.99. The van der Waals surface area contributed by atoms with Crippen LogP contribution in [0.25, 0.3) is 0 Å². The Bertz CT molecular complexity index is 519. The zero-order valence-electron chi connectivity index (χ0n) is 13.6. The minimum Gasteiger partial charge on any atom is -0.365 e. The Balaban J connectivity index is 1.97. The third-order valence-corrected chi connectivity index (χ3v) is 4.28. The maximum Gasteiger partial charge on any atom is 0.191 e. The lowest BCUT2D eigenvalue weighted by atomic mass is 10.2. The first-order chi connectivity index (χ1) is 11.2. The molecule has 2 N–H and O–H groups in total. The van der Waals surface area contributed by atoms with Crippen molar-refractivity contribution in [1.82, 2.24) is 10.6 Å². The SMILES string of the molecule is CCNC(=NCCSC)NC1CCN(c2c(F)cccc2F)C1. The molecule has 0 saturated carbocycles. The molecular weight excluding hydrogens is 318 g/mol. The number of aliphatic imine (C=N–C) groups is 1. The molecule has 1 aliphatic heterocycles. The largest absolute Gasteiger partial charge is 0.365 e. The number of rotatable bonds is 6. The zero-order valence-corrected chi connectivity index (χ0v) is 14.4. The molecule has 0 aliphatic carbocycles. The van der Waals surface area contributed by atoms with Gasteiger partial charge in [0.05, 0.1) is 6.54 Å². The van der Waals surface area contributed by atoms with Crippen molar-refractivity contribution >= 4 is 23.4 Å². The molecule has 128 valence electrons. The molecule has 23 heavy (non-hydrogen) atoms. The van der Waals surface area contributed by atoms with Gasteiger partial charge in [-0.3, -0.25) is 4.99 Å². The van der Waals surface area contributed by atoms with Gasteiger partial charge >= 0.3 is 0 Å². The van der Waals surface area contributed by atoms with E-state index in [-0.39, 0.29) is 11.7 Å². The molecule has 7 heteroatoms. The van der Waals surface area contributed by atoms with Crippen LogP contribution in [0.2, 0.25) is 0 Å². The molecule has 1 aromatic carbocycles. The maximum absolute atomic E-state index is 13.9. The first-order valence-corrected chi connectivity index (χ1v) is 9.27. The highest BCUT2D eigenvalue weighted by Gasteiger charge is 2.27. The van der Waals surface area contributed by atoms with Crippen LogP contribution < -0.4 is 15.5 Å². The quantitative estimate of drug-likeness (QED) is 0.473. The summed E-state index contributed by atoms with van der Waals surface area (Å²) in [5.41, 5.74) is 0.0705. The number of nitrogens with one attached hydrogen (secondary N) is 2. The van der Waals surface area contributed by atoms with E-state index in [1.54, 1.807) is 16.7 Å². The van der Waals surface area contributed by atoms with E-state index in [4.69, 9.17) is 0 Å². The highest BCUT2D eigenvalue weighted by atomic mass is 32.2. The summed E-state index contributed by atoms with van der Waals surface area (Å²) in [4.78, 5) is 6.26. The molecule has 2 rings (SSSR count). The van der Waals surface area contributed by atoms with Crippen molar-refractivity contribution < 1.29 is 8.78 Å². The molecule has 1 saturated heterocycles. The molecular formula is C16H24F2N4S. The van der Waals surface area contributed by atoms with Gasteiger partial charge in [-0.2, -0.15) is 11.8 Å². The maximum atomic E-state index is 13.9. The van der Waals surface area contributed by atoms with Gasteiger partial charge < -0.3 is 15.5 Å². The topological polar surface area (TPSA) is 39.7 Å². The van der Waals surface area contributed by atoms with E-state index in [2.05, 4.69) is 15.6 Å². The smallest absolute Gasteiger partial charge is 0.191 e. The van der Waals surface area contributed by atoms with Gasteiger partial charge in [-0.1, -0.05) is 6.07 Å². The van der Waals surface area contributed by atoms with Crippen molar-refractivity contribution in [2.75, 3.05) is 43.1 Å². The second-order valence-corrected chi connectivity index (χ2v) is 6.39. The van der Waals surface area contributed by atoms with Crippen molar-refractivity contribution in [2.45, 2.75) is 19.4 Å². The van der Waals surface area contributed by atoms with Crippen LogP contribution in [-0.2, 0) is 0 Å². The molecule has 0 radical (unpaired) electrons. The van der Waals surface area contributed by atoms with Gasteiger partial charge in [-0.15, -0.1) is 0 Å². The van der Waals surface area contributed by atoms with Crippen LogP contribution in [0.5, 0.6) is 0 Å². The van der Waals surface area contributed by atoms with E-state index in [1.807, 2.05) is 13.2 Å². The number of hydrogen-bond donors (Lipinski definition) is 2. The van der Waals surface area contributed by atoms with Gasteiger partial charge in [-0.05, 0) is 31.7 Å². The summed E-state index contributed by atoms with van der Waals surface area (Å²) in [6, 6.07) is 4.11. The normalized spacial score (nSPS) is 18.3. The second kappa shape index (κ2) is 8.96. The highest BCUT2D eigenvalue weighted by Crippen LogP contribution is 2.26. The number of thioether (sulfide) groups is 1. The van der Waals surface area contributed by atoms with Crippen molar-refractivity contribution in [2.24, 2.45) is 4.99 Å². The molecule has 0 amide bonds. The van der Waals surface area contributed by atoms with Crippen LogP contribution in [-0.4, -0.2) is 50.2 Å². The zero-order chi connectivity index (χ0) is 16.7. The first kappa shape index (κ1) is 17.8. The average molecular weight is 342 g/mol. The summed E-state index contributed by atoms with van der Waals surface area (Å²) in [7, 11) is 0. The molecule has 1 unspecified atom stereocenters. The number of hydrogen-bond acceptors (Lipinski definition) is 3. The number of guanidine groups is 1. The Labute approximate surface area is 140 Å². The summed E-state index contributed by atoms with van der Waals surface area (Å²) in [6.45, 7) is 4.73. The molecule has 1 aliphatic rings. The van der Waals surface area contributed by atoms with Crippen molar-refractivity contribution in [3.63, 3.8) is 0 Å². The van der Waals surface area contributed by atoms with Gasteiger partial charge in [0, 0.05) is 31.4 Å². The number of nitrogens with zero attached hydrogens (tertiary/aromatic N) is 2. The fraction of sp³-hybridized carbons (Fsp3) is 0.562. The second-order valence-electron chi connectivity index (χ2n) is 5.40. The molecule has 1 fully saturated rings. The standard InChI is InChI=1S/C16H24F2N4S/c1-3-19-16(20-8-10-23-2)21-12-7-9-22(11-12)15-13(17)5-4-6-14(15)18/h4-6,12H,3,7-11H2,1-2H3,(H2,19,20,21). The molecule has 4 nitrogen and oxygen atoms in total. The molecule has 1 heterocycles.